The summed E-state index contributed by atoms with van der Waals surface area (Å²) in [6.07, 6.45) is 0.554. The molecule has 0 radical (unpaired) electrons. The average molecular weight is 333 g/mol. The van der Waals surface area contributed by atoms with Crippen LogP contribution in [0, 0.1) is 37.0 Å². The minimum Gasteiger partial charge on any atom is -0.326 e. The Morgan fingerprint density at radius 2 is 1.44 bits per heavy atom. The van der Waals surface area contributed by atoms with Gasteiger partial charge in [0.2, 0.25) is 11.8 Å². The Labute approximate surface area is 146 Å². The molecule has 2 unspecified atom stereocenters. The summed E-state index contributed by atoms with van der Waals surface area (Å²) < 4.78 is 0. The van der Waals surface area contributed by atoms with E-state index in [2.05, 4.69) is 10.6 Å². The summed E-state index contributed by atoms with van der Waals surface area (Å²) in [5.74, 6) is -0.879. The van der Waals surface area contributed by atoms with Crippen LogP contribution in [-0.2, 0) is 9.59 Å². The molecular formula is C20H19N3O2. The molecule has 2 atom stereocenters. The van der Waals surface area contributed by atoms with Crippen LogP contribution in [-0.4, -0.2) is 11.8 Å². The fourth-order valence-corrected chi connectivity index (χ4v) is 2.92. The molecule has 2 aromatic carbocycles. The quantitative estimate of drug-likeness (QED) is 0.900. The molecule has 2 amide bonds. The third-order valence-electron chi connectivity index (χ3n) is 4.23. The maximum absolute atomic E-state index is 12.3. The second kappa shape index (κ2) is 6.78. The zero-order valence-corrected chi connectivity index (χ0v) is 14.2. The van der Waals surface area contributed by atoms with E-state index in [1.807, 2.05) is 38.1 Å². The van der Waals surface area contributed by atoms with E-state index < -0.39 is 0 Å². The van der Waals surface area contributed by atoms with Crippen LogP contribution in [0.2, 0.25) is 0 Å². The minimum absolute atomic E-state index is 0.120. The lowest BCUT2D eigenvalue weighted by molar-refractivity contribution is -0.122. The van der Waals surface area contributed by atoms with E-state index in [-0.39, 0.29) is 23.7 Å². The number of nitriles is 1. The highest BCUT2D eigenvalue weighted by atomic mass is 16.2. The normalized spacial score (nSPS) is 18.1. The van der Waals surface area contributed by atoms with Crippen molar-refractivity contribution in [2.45, 2.75) is 20.3 Å². The number of aryl methyl sites for hydroxylation is 2. The third-order valence-corrected chi connectivity index (χ3v) is 4.23. The molecule has 1 fully saturated rings. The lowest BCUT2D eigenvalue weighted by atomic mass is 10.1. The first-order valence-electron chi connectivity index (χ1n) is 8.16. The molecular weight excluding hydrogens is 314 g/mol. The summed E-state index contributed by atoms with van der Waals surface area (Å²) in [5.41, 5.74) is 4.10. The van der Waals surface area contributed by atoms with Gasteiger partial charge in [-0.3, -0.25) is 9.59 Å². The van der Waals surface area contributed by atoms with Crippen molar-refractivity contribution in [3.05, 3.63) is 59.2 Å². The van der Waals surface area contributed by atoms with Gasteiger partial charge < -0.3 is 10.6 Å². The predicted octanol–water partition coefficient (Wildman–Crippen LogP) is 3.39. The molecule has 0 saturated heterocycles. The van der Waals surface area contributed by atoms with Crippen LogP contribution in [0.25, 0.3) is 0 Å². The van der Waals surface area contributed by atoms with E-state index in [1.54, 1.807) is 24.3 Å². The van der Waals surface area contributed by atoms with E-state index in [1.165, 1.54) is 0 Å². The van der Waals surface area contributed by atoms with Gasteiger partial charge in [-0.2, -0.15) is 5.26 Å². The van der Waals surface area contributed by atoms with Gasteiger partial charge in [-0.05, 0) is 67.8 Å². The Bertz CT molecular complexity index is 845. The molecule has 3 rings (SSSR count). The minimum atomic E-state index is -0.304. The number of amides is 2. The van der Waals surface area contributed by atoms with Crippen LogP contribution < -0.4 is 10.6 Å². The SMILES string of the molecule is Cc1cc(C)cc(NC(=O)C2CC2C(=O)Nc2ccc(C#N)cc2)c1. The predicted molar refractivity (Wildman–Crippen MR) is 95.9 cm³/mol. The van der Waals surface area contributed by atoms with Crippen molar-refractivity contribution < 1.29 is 9.59 Å². The number of rotatable bonds is 4. The molecule has 126 valence electrons. The van der Waals surface area contributed by atoms with Crippen LogP contribution in [0.1, 0.15) is 23.1 Å². The van der Waals surface area contributed by atoms with Gasteiger partial charge in [0.15, 0.2) is 0 Å². The third kappa shape index (κ3) is 4.04. The van der Waals surface area contributed by atoms with E-state index in [0.29, 0.717) is 17.7 Å². The van der Waals surface area contributed by atoms with Gasteiger partial charge in [0.25, 0.3) is 0 Å². The van der Waals surface area contributed by atoms with Gasteiger partial charge in [-0.1, -0.05) is 6.07 Å². The zero-order chi connectivity index (χ0) is 18.0. The van der Waals surface area contributed by atoms with Crippen molar-refractivity contribution in [1.82, 2.24) is 0 Å². The van der Waals surface area contributed by atoms with Crippen molar-refractivity contribution in [2.75, 3.05) is 10.6 Å². The Kier molecular flexibility index (Phi) is 4.53. The lowest BCUT2D eigenvalue weighted by Crippen LogP contribution is -2.20. The summed E-state index contributed by atoms with van der Waals surface area (Å²) in [4.78, 5) is 24.6. The summed E-state index contributed by atoms with van der Waals surface area (Å²) in [7, 11) is 0. The fraction of sp³-hybridized carbons (Fsp3) is 0.250. The summed E-state index contributed by atoms with van der Waals surface area (Å²) in [6.45, 7) is 3.96. The second-order valence-electron chi connectivity index (χ2n) is 6.49. The monoisotopic (exact) mass is 333 g/mol. The first-order chi connectivity index (χ1) is 12.0. The molecule has 25 heavy (non-hydrogen) atoms. The topological polar surface area (TPSA) is 82.0 Å². The molecule has 0 bridgehead atoms. The molecule has 1 saturated carbocycles. The summed E-state index contributed by atoms with van der Waals surface area (Å²) in [5, 5.41) is 14.5. The number of nitrogens with one attached hydrogen (secondary N) is 2. The molecule has 5 heteroatoms. The first kappa shape index (κ1) is 16.7. The highest BCUT2D eigenvalue weighted by Gasteiger charge is 2.48. The van der Waals surface area contributed by atoms with E-state index in [0.717, 1.165) is 16.8 Å². The molecule has 0 spiro atoms. The van der Waals surface area contributed by atoms with Crippen molar-refractivity contribution in [3.63, 3.8) is 0 Å². The van der Waals surface area contributed by atoms with Gasteiger partial charge >= 0.3 is 0 Å². The molecule has 0 aromatic heterocycles. The lowest BCUT2D eigenvalue weighted by Gasteiger charge is -2.08. The Hall–Kier alpha value is -3.13. The molecule has 0 heterocycles. The molecule has 2 N–H and O–H groups in total. The summed E-state index contributed by atoms with van der Waals surface area (Å²) >= 11 is 0. The maximum Gasteiger partial charge on any atom is 0.228 e. The fourth-order valence-electron chi connectivity index (χ4n) is 2.92. The maximum atomic E-state index is 12.3. The molecule has 1 aliphatic rings. The van der Waals surface area contributed by atoms with Crippen LogP contribution in [0.4, 0.5) is 11.4 Å². The van der Waals surface area contributed by atoms with Crippen LogP contribution >= 0.6 is 0 Å². The van der Waals surface area contributed by atoms with Crippen LogP contribution in [0.5, 0.6) is 0 Å². The van der Waals surface area contributed by atoms with Crippen LogP contribution in [0.15, 0.2) is 42.5 Å². The van der Waals surface area contributed by atoms with Crippen molar-refractivity contribution in [1.29, 1.82) is 5.26 Å². The standard InChI is InChI=1S/C20H19N3O2/c1-12-7-13(2)9-16(8-12)23-20(25)18-10-17(18)19(24)22-15-5-3-14(11-21)4-6-15/h3-9,17-18H,10H2,1-2H3,(H,22,24)(H,23,25). The molecule has 2 aromatic rings. The van der Waals surface area contributed by atoms with Gasteiger partial charge in [0, 0.05) is 11.4 Å². The Morgan fingerprint density at radius 3 is 1.96 bits per heavy atom. The van der Waals surface area contributed by atoms with Gasteiger partial charge in [0.05, 0.1) is 23.5 Å². The number of carbonyl (C=O) groups excluding carboxylic acids is 2. The van der Waals surface area contributed by atoms with Gasteiger partial charge in [0.1, 0.15) is 0 Å². The first-order valence-corrected chi connectivity index (χ1v) is 8.16. The van der Waals surface area contributed by atoms with E-state index in [4.69, 9.17) is 5.26 Å². The Balaban J connectivity index is 1.56. The van der Waals surface area contributed by atoms with Crippen LogP contribution in [0.3, 0.4) is 0 Å². The summed E-state index contributed by atoms with van der Waals surface area (Å²) in [6, 6.07) is 14.6. The highest BCUT2D eigenvalue weighted by Crippen LogP contribution is 2.40. The van der Waals surface area contributed by atoms with E-state index >= 15 is 0 Å². The molecule has 5 nitrogen and oxygen atoms in total. The van der Waals surface area contributed by atoms with Gasteiger partial charge in [-0.25, -0.2) is 0 Å². The average Bonchev–Trinajstić information content (AvgIpc) is 3.35. The smallest absolute Gasteiger partial charge is 0.228 e. The second-order valence-corrected chi connectivity index (χ2v) is 6.49. The number of hydrogen-bond acceptors (Lipinski definition) is 3. The number of benzene rings is 2. The Morgan fingerprint density at radius 1 is 0.920 bits per heavy atom. The van der Waals surface area contributed by atoms with Gasteiger partial charge in [-0.15, -0.1) is 0 Å². The zero-order valence-electron chi connectivity index (χ0n) is 14.2. The number of anilines is 2. The number of carbonyl (C=O) groups is 2. The van der Waals surface area contributed by atoms with E-state index in [9.17, 15) is 9.59 Å². The van der Waals surface area contributed by atoms with Crippen molar-refractivity contribution in [2.24, 2.45) is 11.8 Å². The highest BCUT2D eigenvalue weighted by molar-refractivity contribution is 6.03. The largest absolute Gasteiger partial charge is 0.326 e. The van der Waals surface area contributed by atoms with Crippen molar-refractivity contribution >= 4 is 23.2 Å². The molecule has 1 aliphatic carbocycles. The molecule has 0 aliphatic heterocycles. The number of hydrogen-bond donors (Lipinski definition) is 2. The van der Waals surface area contributed by atoms with Crippen molar-refractivity contribution in [3.8, 4) is 6.07 Å². The number of nitrogens with zero attached hydrogens (tertiary/aromatic N) is 1.